The molecule has 6 aliphatic rings. The van der Waals surface area contributed by atoms with Crippen LogP contribution < -0.4 is 15.4 Å². The highest BCUT2D eigenvalue weighted by atomic mass is 32.2. The van der Waals surface area contributed by atoms with Gasteiger partial charge < -0.3 is 29.9 Å². The van der Waals surface area contributed by atoms with E-state index in [0.29, 0.717) is 45.2 Å². The molecule has 1 aromatic rings. The molecule has 0 radical (unpaired) electrons. The van der Waals surface area contributed by atoms with Crippen molar-refractivity contribution in [1.82, 2.24) is 30.1 Å². The average Bonchev–Trinajstić information content (AvgIpc) is 4.10. The Kier molecular flexibility index (Phi) is 12.4. The molecule has 0 bridgehead atoms. The van der Waals surface area contributed by atoms with Crippen molar-refractivity contribution in [1.29, 1.82) is 0 Å². The molecule has 4 aliphatic heterocycles. The van der Waals surface area contributed by atoms with Crippen LogP contribution in [0.1, 0.15) is 115 Å². The van der Waals surface area contributed by atoms with Crippen molar-refractivity contribution in [2.24, 2.45) is 5.92 Å². The van der Waals surface area contributed by atoms with E-state index in [9.17, 15) is 32.4 Å². The minimum absolute atomic E-state index is 0.0533. The van der Waals surface area contributed by atoms with Crippen LogP contribution in [0, 0.1) is 5.92 Å². The molecule has 0 spiro atoms. The molecule has 2 saturated carbocycles. The van der Waals surface area contributed by atoms with Gasteiger partial charge >= 0.3 is 12.2 Å². The monoisotopic (exact) mass is 824 g/mol. The number of benzene rings is 1. The maximum Gasteiger partial charge on any atom is 0.410 e. The summed E-state index contributed by atoms with van der Waals surface area (Å²) in [5.41, 5.74) is -0.0718. The van der Waals surface area contributed by atoms with Crippen molar-refractivity contribution < 1.29 is 41.9 Å². The molecule has 5 amide bonds. The molecule has 58 heavy (non-hydrogen) atoms. The lowest BCUT2D eigenvalue weighted by Crippen LogP contribution is -2.58. The number of amides is 5. The fourth-order valence-electron chi connectivity index (χ4n) is 8.96. The summed E-state index contributed by atoms with van der Waals surface area (Å²) in [5, 5.41) is 4.97. The van der Waals surface area contributed by atoms with E-state index in [1.54, 1.807) is 25.7 Å². The average molecular weight is 825 g/mol. The Balaban J connectivity index is 1.15. The number of rotatable bonds is 7. The number of ether oxygens (including phenoxy) is 2. The minimum Gasteiger partial charge on any atom is -0.444 e. The first-order chi connectivity index (χ1) is 27.6. The van der Waals surface area contributed by atoms with Crippen molar-refractivity contribution in [3.8, 4) is 0 Å². The van der Waals surface area contributed by atoms with Crippen molar-refractivity contribution in [2.45, 2.75) is 145 Å². The van der Waals surface area contributed by atoms with Gasteiger partial charge in [0, 0.05) is 25.4 Å². The first-order valence-electron chi connectivity index (χ1n) is 21.3. The Morgan fingerprint density at radius 3 is 2.45 bits per heavy atom. The van der Waals surface area contributed by atoms with E-state index in [1.807, 2.05) is 24.3 Å². The van der Waals surface area contributed by atoms with E-state index in [-0.39, 0.29) is 31.8 Å². The molecule has 16 heteroatoms. The number of carbonyl (C=O) groups is 5. The molecule has 6 atom stereocenters. The third kappa shape index (κ3) is 9.81. The zero-order valence-electron chi connectivity index (χ0n) is 34.1. The molecular weight excluding hydrogens is 765 g/mol. The number of likely N-dealkylation sites (tertiary alicyclic amines) is 1. The van der Waals surface area contributed by atoms with Gasteiger partial charge in [-0.2, -0.15) is 0 Å². The van der Waals surface area contributed by atoms with Crippen LogP contribution in [0.25, 0.3) is 0 Å². The SMILES string of the molecule is CC(C)(C)OC(=O)N[C@H]1CCCCC/C=C\[C@@H]2C[C@@]2(C(=O)NS(=O)(=O)C2CC2)NC(=O)C2C[C@@H](OC(=O)N3CCc4ccccc4[C@H]3CN3CCCCC3)CN2C1=O. The van der Waals surface area contributed by atoms with Gasteiger partial charge in [-0.05, 0) is 103 Å². The van der Waals surface area contributed by atoms with E-state index in [4.69, 9.17) is 9.47 Å². The van der Waals surface area contributed by atoms with E-state index >= 15 is 0 Å². The van der Waals surface area contributed by atoms with Crippen LogP contribution in [-0.2, 0) is 40.3 Å². The molecule has 3 N–H and O–H groups in total. The van der Waals surface area contributed by atoms with Crippen LogP contribution >= 0.6 is 0 Å². The van der Waals surface area contributed by atoms with Gasteiger partial charge in [0.2, 0.25) is 21.8 Å². The number of hydrogen-bond acceptors (Lipinski definition) is 10. The maximum atomic E-state index is 14.6. The number of hydrogen-bond donors (Lipinski definition) is 3. The first-order valence-corrected chi connectivity index (χ1v) is 22.8. The Bertz CT molecular complexity index is 1870. The highest BCUT2D eigenvalue weighted by molar-refractivity contribution is 7.91. The number of nitrogens with zero attached hydrogens (tertiary/aromatic N) is 3. The number of allylic oxidation sites excluding steroid dienone is 1. The fourth-order valence-corrected chi connectivity index (χ4v) is 10.3. The molecule has 0 aromatic heterocycles. The van der Waals surface area contributed by atoms with Gasteiger partial charge in [-0.25, -0.2) is 18.0 Å². The van der Waals surface area contributed by atoms with Crippen LogP contribution in [0.3, 0.4) is 0 Å². The van der Waals surface area contributed by atoms with Crippen molar-refractivity contribution in [2.75, 3.05) is 32.7 Å². The zero-order valence-corrected chi connectivity index (χ0v) is 34.9. The van der Waals surface area contributed by atoms with Gasteiger partial charge in [0.05, 0.1) is 17.8 Å². The van der Waals surface area contributed by atoms with Gasteiger partial charge in [0.15, 0.2) is 0 Å². The first kappa shape index (κ1) is 42.0. The predicted octanol–water partition coefficient (Wildman–Crippen LogP) is 4.07. The molecular formula is C42H60N6O9S. The lowest BCUT2D eigenvalue weighted by molar-refractivity contribution is -0.141. The second-order valence-corrected chi connectivity index (χ2v) is 19.9. The molecule has 15 nitrogen and oxygen atoms in total. The third-order valence-electron chi connectivity index (χ3n) is 12.3. The van der Waals surface area contributed by atoms with Crippen LogP contribution in [-0.4, -0.2) is 120 Å². The minimum atomic E-state index is -3.91. The van der Waals surface area contributed by atoms with Crippen LogP contribution in [0.2, 0.25) is 0 Å². The second-order valence-electron chi connectivity index (χ2n) is 18.0. The second kappa shape index (κ2) is 17.2. The Labute approximate surface area is 342 Å². The fraction of sp³-hybridized carbons (Fsp3) is 0.690. The third-order valence-corrected chi connectivity index (χ3v) is 14.1. The maximum absolute atomic E-state index is 14.6. The quantitative estimate of drug-likeness (QED) is 0.339. The van der Waals surface area contributed by atoms with Gasteiger partial charge in [-0.1, -0.05) is 55.7 Å². The van der Waals surface area contributed by atoms with E-state index < -0.39 is 80.4 Å². The number of nitrogens with one attached hydrogen (secondary N) is 3. The molecule has 1 unspecified atom stereocenters. The summed E-state index contributed by atoms with van der Waals surface area (Å²) in [4.78, 5) is 75.6. The summed E-state index contributed by atoms with van der Waals surface area (Å²) in [6.07, 6.45) is 9.85. The molecule has 4 fully saturated rings. The van der Waals surface area contributed by atoms with Crippen molar-refractivity contribution >= 4 is 39.9 Å². The summed E-state index contributed by atoms with van der Waals surface area (Å²) in [6.45, 7) is 8.09. The molecule has 2 saturated heterocycles. The molecule has 4 heterocycles. The van der Waals surface area contributed by atoms with E-state index in [1.165, 1.54) is 16.9 Å². The summed E-state index contributed by atoms with van der Waals surface area (Å²) in [7, 11) is -3.91. The van der Waals surface area contributed by atoms with Gasteiger partial charge in [0.1, 0.15) is 29.3 Å². The highest BCUT2D eigenvalue weighted by Gasteiger charge is 2.62. The lowest BCUT2D eigenvalue weighted by atomic mass is 9.92. The van der Waals surface area contributed by atoms with Crippen LogP contribution in [0.5, 0.6) is 0 Å². The van der Waals surface area contributed by atoms with Crippen LogP contribution in [0.4, 0.5) is 9.59 Å². The van der Waals surface area contributed by atoms with E-state index in [0.717, 1.165) is 44.3 Å². The number of carbonyl (C=O) groups excluding carboxylic acids is 5. The van der Waals surface area contributed by atoms with Crippen molar-refractivity contribution in [3.05, 3.63) is 47.5 Å². The normalized spacial score (nSPS) is 30.3. The van der Waals surface area contributed by atoms with Gasteiger partial charge in [-0.15, -0.1) is 0 Å². The lowest BCUT2D eigenvalue weighted by Gasteiger charge is -2.40. The number of alkyl carbamates (subject to hydrolysis) is 1. The largest absolute Gasteiger partial charge is 0.444 e. The number of piperidine rings is 1. The predicted molar refractivity (Wildman–Crippen MR) is 215 cm³/mol. The Hall–Kier alpha value is -4.18. The summed E-state index contributed by atoms with van der Waals surface area (Å²) in [6, 6.07) is 5.71. The van der Waals surface area contributed by atoms with Gasteiger partial charge in [0.25, 0.3) is 5.91 Å². The van der Waals surface area contributed by atoms with Crippen LogP contribution in [0.15, 0.2) is 36.4 Å². The topological polar surface area (TPSA) is 184 Å². The Morgan fingerprint density at radius 1 is 0.966 bits per heavy atom. The standard InChI is InChI=1S/C42H60N6O9S/c1-41(2,3)57-39(52)43-33-17-9-6-4-5-8-15-29-25-42(29,38(51)45-58(54,55)31-18-19-31)44-36(49)34-24-30(26-48(34)37(33)50)56-40(53)47-23-20-28-14-10-11-16-32(28)35(47)27-46-21-12-7-13-22-46/h8,10-11,14-16,29-31,33-35H,4-7,9,12-13,17-27H2,1-3H3,(H,43,52)(H,44,49)(H,45,51)/b15-8-/t29-,30-,33+,34?,35-,42-/m1/s1. The smallest absolute Gasteiger partial charge is 0.410 e. The zero-order chi connectivity index (χ0) is 41.2. The Morgan fingerprint density at radius 2 is 1.71 bits per heavy atom. The number of fused-ring (bicyclic) bond motifs is 3. The molecule has 2 aliphatic carbocycles. The van der Waals surface area contributed by atoms with Gasteiger partial charge in [-0.3, -0.25) is 24.0 Å². The van der Waals surface area contributed by atoms with Crippen molar-refractivity contribution in [3.63, 3.8) is 0 Å². The molecule has 318 valence electrons. The highest BCUT2D eigenvalue weighted by Crippen LogP contribution is 2.46. The molecule has 7 rings (SSSR count). The summed E-state index contributed by atoms with van der Waals surface area (Å²) in [5.74, 6) is -2.45. The molecule has 1 aromatic carbocycles. The summed E-state index contributed by atoms with van der Waals surface area (Å²) >= 11 is 0. The van der Waals surface area contributed by atoms with E-state index in [2.05, 4.69) is 32.4 Å². The summed E-state index contributed by atoms with van der Waals surface area (Å²) < 4.78 is 39.7. The number of sulfonamides is 1.